The maximum atomic E-state index is 13.4. The molecule has 0 spiro atoms. The fourth-order valence-corrected chi connectivity index (χ4v) is 9.01. The Morgan fingerprint density at radius 2 is 1.24 bits per heavy atom. The quantitative estimate of drug-likeness (QED) is 0.422. The van der Waals surface area contributed by atoms with Gasteiger partial charge in [0, 0.05) is 11.0 Å². The minimum absolute atomic E-state index is 0.0206. The van der Waals surface area contributed by atoms with Crippen molar-refractivity contribution < 1.29 is 35.2 Å². The molecule has 0 aromatic heterocycles. The van der Waals surface area contributed by atoms with Crippen molar-refractivity contribution in [2.45, 2.75) is 60.3 Å². The first-order valence-corrected chi connectivity index (χ1v) is 15.3. The van der Waals surface area contributed by atoms with E-state index in [0.717, 1.165) is 36.0 Å². The van der Waals surface area contributed by atoms with Gasteiger partial charge in [-0.05, 0) is 77.2 Å². The number of carbonyl (C=O) groups is 2. The van der Waals surface area contributed by atoms with Crippen LogP contribution in [0.25, 0.3) is 12.2 Å². The molecule has 4 bridgehead atoms. The average Bonchev–Trinajstić information content (AvgIpc) is 3.27. The van der Waals surface area contributed by atoms with E-state index in [1.807, 2.05) is 50.3 Å². The molecule has 206 valence electrons. The van der Waals surface area contributed by atoms with Gasteiger partial charge in [0.05, 0.1) is 11.2 Å². The van der Waals surface area contributed by atoms with Gasteiger partial charge in [0.15, 0.2) is 11.6 Å². The summed E-state index contributed by atoms with van der Waals surface area (Å²) in [5.74, 6) is -0.131. The van der Waals surface area contributed by atoms with Crippen LogP contribution in [0.4, 0.5) is 0 Å². The maximum absolute atomic E-state index is 13.4. The third-order valence-corrected chi connectivity index (χ3v) is 11.3. The number of hydrogen-bond donors (Lipinski definition) is 1. The van der Waals surface area contributed by atoms with Gasteiger partial charge in [0.1, 0.15) is 0 Å². The van der Waals surface area contributed by atoms with Gasteiger partial charge < -0.3 is 0 Å². The molecule has 4 unspecified atom stereocenters. The topological polar surface area (TPSA) is 140 Å². The second kappa shape index (κ2) is 9.06. The van der Waals surface area contributed by atoms with E-state index in [1.54, 1.807) is 0 Å². The molecular weight excluding hydrogens is 528 g/mol. The molecule has 0 saturated heterocycles. The summed E-state index contributed by atoms with van der Waals surface area (Å²) in [6.07, 6.45) is 7.14. The number of rotatable bonds is 4. The molecule has 10 heteroatoms. The van der Waals surface area contributed by atoms with Crippen LogP contribution in [0.3, 0.4) is 0 Å². The van der Waals surface area contributed by atoms with Crippen LogP contribution < -0.4 is 0 Å². The molecule has 0 amide bonds. The third kappa shape index (κ3) is 4.25. The Kier molecular flexibility index (Phi) is 6.81. The van der Waals surface area contributed by atoms with Gasteiger partial charge in [0.2, 0.25) is 0 Å². The summed E-state index contributed by atoms with van der Waals surface area (Å²) in [5, 5.41) is 0. The van der Waals surface area contributed by atoms with Gasteiger partial charge in [-0.3, -0.25) is 14.1 Å². The predicted octanol–water partition coefficient (Wildman–Crippen LogP) is 4.37. The minimum Gasteiger partial charge on any atom is -0.294 e. The molecule has 38 heavy (non-hydrogen) atoms. The number of Topliss-reactive ketones (excluding diaryl/α,β-unsaturated/α-hetero) is 2. The van der Waals surface area contributed by atoms with Crippen LogP contribution in [0.2, 0.25) is 0 Å². The van der Waals surface area contributed by atoms with Crippen LogP contribution in [-0.4, -0.2) is 42.9 Å². The second-order valence-electron chi connectivity index (χ2n) is 12.5. The Morgan fingerprint density at radius 1 is 0.816 bits per heavy atom. The van der Waals surface area contributed by atoms with Gasteiger partial charge in [-0.2, -0.15) is 8.42 Å². The van der Waals surface area contributed by atoms with Crippen molar-refractivity contribution in [2.75, 3.05) is 5.75 Å². The lowest BCUT2D eigenvalue weighted by atomic mass is 9.70. The van der Waals surface area contributed by atoms with Crippen LogP contribution in [0, 0.1) is 33.5 Å². The van der Waals surface area contributed by atoms with Crippen molar-refractivity contribution >= 4 is 44.4 Å². The first-order chi connectivity index (χ1) is 17.4. The summed E-state index contributed by atoms with van der Waals surface area (Å²) in [6.45, 7) is 10.4. The van der Waals surface area contributed by atoms with E-state index >= 15 is 0 Å². The number of benzene rings is 1. The predicted molar refractivity (Wildman–Crippen MR) is 142 cm³/mol. The fourth-order valence-electron chi connectivity index (χ4n) is 7.73. The van der Waals surface area contributed by atoms with E-state index in [4.69, 9.17) is 12.6 Å². The number of carbonyl (C=O) groups excluding carboxylic acids is 2. The van der Waals surface area contributed by atoms with Crippen molar-refractivity contribution in [3.63, 3.8) is 0 Å². The smallest absolute Gasteiger partial charge is 0.294 e. The molecule has 0 aliphatic heterocycles. The zero-order valence-electron chi connectivity index (χ0n) is 22.3. The van der Waals surface area contributed by atoms with E-state index in [2.05, 4.69) is 20.8 Å². The van der Waals surface area contributed by atoms with Gasteiger partial charge in [-0.25, -0.2) is 0 Å². The molecule has 1 aromatic carbocycles. The van der Waals surface area contributed by atoms with E-state index < -0.39 is 37.3 Å². The molecule has 1 N–H and O–H groups in total. The Bertz CT molecular complexity index is 1470. The molecule has 4 saturated carbocycles. The van der Waals surface area contributed by atoms with Crippen LogP contribution >= 0.6 is 0 Å². The van der Waals surface area contributed by atoms with E-state index in [9.17, 15) is 22.6 Å². The van der Waals surface area contributed by atoms with Crippen molar-refractivity contribution in [3.8, 4) is 0 Å². The second-order valence-corrected chi connectivity index (χ2v) is 14.4. The highest BCUT2D eigenvalue weighted by Crippen LogP contribution is 2.67. The van der Waals surface area contributed by atoms with Crippen molar-refractivity contribution in [1.29, 1.82) is 0 Å². The lowest BCUT2D eigenvalue weighted by Gasteiger charge is -2.34. The lowest BCUT2D eigenvalue weighted by Crippen LogP contribution is -2.42. The summed E-state index contributed by atoms with van der Waals surface area (Å²) in [7, 11) is -7.38. The molecule has 0 radical (unpaired) electrons. The lowest BCUT2D eigenvalue weighted by molar-refractivity contribution is -0.126. The molecule has 5 rings (SSSR count). The molecular formula is C28H34O8S2. The van der Waals surface area contributed by atoms with Crippen LogP contribution in [-0.2, 0) is 30.3 Å². The van der Waals surface area contributed by atoms with Crippen LogP contribution in [0.1, 0.15) is 71.4 Å². The van der Waals surface area contributed by atoms with Crippen molar-refractivity contribution in [3.05, 3.63) is 46.5 Å². The molecule has 4 aliphatic carbocycles. The molecule has 4 fully saturated rings. The normalized spacial score (nSPS) is 34.6. The van der Waals surface area contributed by atoms with Gasteiger partial charge in [0.25, 0.3) is 10.1 Å². The fraction of sp³-hybridized carbons (Fsp3) is 0.571. The Balaban J connectivity index is 0.000000786. The zero-order valence-corrected chi connectivity index (χ0v) is 23.9. The van der Waals surface area contributed by atoms with Crippen molar-refractivity contribution in [1.82, 2.24) is 0 Å². The van der Waals surface area contributed by atoms with E-state index in [-0.39, 0.29) is 28.3 Å². The highest BCUT2D eigenvalue weighted by atomic mass is 32.2. The SMILES string of the molecule is CC12CCC(/C(=C/c3ccc(/C=C4\C(=O)C5(CS(=O)(=O)O)CCC4C5(C)C)cc3)C1=O)C2(C)C.O=S(=O)=O. The Hall–Kier alpha value is -2.43. The minimum atomic E-state index is -4.27. The number of ketones is 2. The van der Waals surface area contributed by atoms with Gasteiger partial charge >= 0.3 is 10.6 Å². The summed E-state index contributed by atoms with van der Waals surface area (Å²) in [5.41, 5.74) is 1.55. The number of fused-ring (bicyclic) bond motifs is 4. The van der Waals surface area contributed by atoms with Crippen molar-refractivity contribution in [2.24, 2.45) is 33.5 Å². The Morgan fingerprint density at radius 3 is 1.66 bits per heavy atom. The molecule has 8 nitrogen and oxygen atoms in total. The first kappa shape index (κ1) is 28.6. The van der Waals surface area contributed by atoms with E-state index in [1.165, 1.54) is 0 Å². The van der Waals surface area contributed by atoms with E-state index in [0.29, 0.717) is 17.9 Å². The first-order valence-electron chi connectivity index (χ1n) is 12.7. The van der Waals surface area contributed by atoms with Gasteiger partial charge in [-0.15, -0.1) is 12.6 Å². The average molecular weight is 563 g/mol. The number of allylic oxidation sites excluding steroid dienone is 2. The molecule has 4 aliphatic rings. The number of hydrogen-bond acceptors (Lipinski definition) is 7. The van der Waals surface area contributed by atoms with Crippen LogP contribution in [0.5, 0.6) is 0 Å². The Labute approximate surface area is 225 Å². The summed E-state index contributed by atoms with van der Waals surface area (Å²) in [6, 6.07) is 7.85. The summed E-state index contributed by atoms with van der Waals surface area (Å²) < 4.78 is 58.3. The largest absolute Gasteiger partial charge is 0.425 e. The molecule has 1 aromatic rings. The van der Waals surface area contributed by atoms with Crippen LogP contribution in [0.15, 0.2) is 35.4 Å². The monoisotopic (exact) mass is 562 g/mol. The highest BCUT2D eigenvalue weighted by molar-refractivity contribution is 7.85. The zero-order chi connectivity index (χ0) is 28.5. The summed E-state index contributed by atoms with van der Waals surface area (Å²) in [4.78, 5) is 26.5. The highest BCUT2D eigenvalue weighted by Gasteiger charge is 2.67. The summed E-state index contributed by atoms with van der Waals surface area (Å²) >= 11 is 0. The third-order valence-electron chi connectivity index (χ3n) is 10.4. The molecule has 0 heterocycles. The van der Waals surface area contributed by atoms with Gasteiger partial charge in [-0.1, -0.05) is 58.9 Å². The maximum Gasteiger partial charge on any atom is 0.425 e. The standard InChI is InChI=1S/C28H34O5S.O3S/c1-25(2)21-10-12-27(25,5)23(29)19(21)14-17-6-8-18(9-7-17)15-20-22-11-13-28(24(20)30,26(22,3)4)16-34(31,32)33;1-4(2)3/h6-9,14-15,21-22H,10-13,16H2,1-5H3,(H,31,32,33);/b19-14-,20-15-;. The molecule has 4 atom stereocenters.